The first-order valence-electron chi connectivity index (χ1n) is 10.8. The van der Waals surface area contributed by atoms with Crippen LogP contribution in [0.3, 0.4) is 0 Å². The first-order chi connectivity index (χ1) is 16.3. The first-order valence-corrected chi connectivity index (χ1v) is 12.2. The molecule has 1 fully saturated rings. The summed E-state index contributed by atoms with van der Waals surface area (Å²) in [6, 6.07) is 12.3. The molecule has 1 amide bonds. The Morgan fingerprint density at radius 3 is 2.29 bits per heavy atom. The Hall–Kier alpha value is -3.64. The molecular weight excluding hydrogens is 460 g/mol. The predicted molar refractivity (Wildman–Crippen MR) is 122 cm³/mol. The number of aromatic nitrogens is 4. The minimum atomic E-state index is -3.55. The number of ether oxygens (including phenoxy) is 1. The number of carbonyl (C=O) groups excluding carboxylic acids is 2. The number of tetrazole rings is 1. The molecule has 4 rings (SSSR count). The van der Waals surface area contributed by atoms with Crippen molar-refractivity contribution in [1.29, 1.82) is 0 Å². The van der Waals surface area contributed by atoms with Crippen LogP contribution in [-0.4, -0.2) is 64.0 Å². The second kappa shape index (κ2) is 10.1. The van der Waals surface area contributed by atoms with E-state index in [1.807, 2.05) is 0 Å². The van der Waals surface area contributed by atoms with Gasteiger partial charge in [0, 0.05) is 18.8 Å². The van der Waals surface area contributed by atoms with E-state index >= 15 is 0 Å². The summed E-state index contributed by atoms with van der Waals surface area (Å²) in [7, 11) is -3.55. The van der Waals surface area contributed by atoms with E-state index in [4.69, 9.17) is 4.74 Å². The van der Waals surface area contributed by atoms with Crippen LogP contribution in [0.15, 0.2) is 59.8 Å². The highest BCUT2D eigenvalue weighted by atomic mass is 32.2. The van der Waals surface area contributed by atoms with Gasteiger partial charge in [-0.2, -0.15) is 4.31 Å². The van der Waals surface area contributed by atoms with Crippen LogP contribution in [0, 0.1) is 0 Å². The highest BCUT2D eigenvalue weighted by Gasteiger charge is 2.26. The van der Waals surface area contributed by atoms with Crippen molar-refractivity contribution in [2.75, 3.05) is 18.4 Å². The fraction of sp³-hybridized carbons (Fsp3) is 0.318. The number of benzene rings is 2. The molecule has 0 bridgehead atoms. The first kappa shape index (κ1) is 23.5. The third-order valence-electron chi connectivity index (χ3n) is 5.44. The highest BCUT2D eigenvalue weighted by molar-refractivity contribution is 7.89. The monoisotopic (exact) mass is 484 g/mol. The SMILES string of the molecule is C[C@@H](OC(=O)c1ccc(-n2cnnn2)cc1)C(=O)Nc1ccc(S(=O)(=O)N2CCCCC2)cc1. The number of amides is 1. The molecule has 1 saturated heterocycles. The van der Waals surface area contributed by atoms with Crippen LogP contribution in [0.2, 0.25) is 0 Å². The number of piperidine rings is 1. The number of nitrogens with zero attached hydrogens (tertiary/aromatic N) is 5. The summed E-state index contributed by atoms with van der Waals surface area (Å²) in [5.74, 6) is -1.20. The number of nitrogens with one attached hydrogen (secondary N) is 1. The lowest BCUT2D eigenvalue weighted by atomic mass is 10.2. The molecule has 12 heteroatoms. The Labute approximate surface area is 196 Å². The summed E-state index contributed by atoms with van der Waals surface area (Å²) >= 11 is 0. The maximum Gasteiger partial charge on any atom is 0.338 e. The van der Waals surface area contributed by atoms with Crippen LogP contribution in [0.5, 0.6) is 0 Å². The molecule has 1 aromatic heterocycles. The van der Waals surface area contributed by atoms with E-state index in [-0.39, 0.29) is 10.5 Å². The molecule has 1 aliphatic rings. The molecule has 34 heavy (non-hydrogen) atoms. The van der Waals surface area contributed by atoms with Crippen LogP contribution >= 0.6 is 0 Å². The van der Waals surface area contributed by atoms with Gasteiger partial charge in [0.2, 0.25) is 10.0 Å². The van der Waals surface area contributed by atoms with Gasteiger partial charge < -0.3 is 10.1 Å². The third-order valence-corrected chi connectivity index (χ3v) is 7.36. The summed E-state index contributed by atoms with van der Waals surface area (Å²) in [4.78, 5) is 25.0. The lowest BCUT2D eigenvalue weighted by Gasteiger charge is -2.25. The zero-order valence-corrected chi connectivity index (χ0v) is 19.3. The van der Waals surface area contributed by atoms with E-state index in [1.165, 1.54) is 46.5 Å². The second-order valence-electron chi connectivity index (χ2n) is 7.83. The van der Waals surface area contributed by atoms with Crippen LogP contribution in [0.4, 0.5) is 5.69 Å². The van der Waals surface area contributed by atoms with E-state index in [9.17, 15) is 18.0 Å². The van der Waals surface area contributed by atoms with Gasteiger partial charge >= 0.3 is 5.97 Å². The molecule has 3 aromatic rings. The Bertz CT molecular complexity index is 1240. The molecule has 0 unspecified atom stereocenters. The fourth-order valence-electron chi connectivity index (χ4n) is 3.52. The van der Waals surface area contributed by atoms with Crippen LogP contribution in [-0.2, 0) is 19.6 Å². The number of esters is 1. The largest absolute Gasteiger partial charge is 0.449 e. The van der Waals surface area contributed by atoms with Crippen molar-refractivity contribution in [3.8, 4) is 5.69 Å². The molecule has 0 aliphatic carbocycles. The molecule has 1 N–H and O–H groups in total. The van der Waals surface area contributed by atoms with Crippen molar-refractivity contribution < 1.29 is 22.7 Å². The van der Waals surface area contributed by atoms with Crippen molar-refractivity contribution in [1.82, 2.24) is 24.5 Å². The average Bonchev–Trinajstić information content (AvgIpc) is 3.40. The number of sulfonamides is 1. The van der Waals surface area contributed by atoms with Gasteiger partial charge in [-0.3, -0.25) is 4.79 Å². The summed E-state index contributed by atoms with van der Waals surface area (Å²) in [5.41, 5.74) is 1.33. The summed E-state index contributed by atoms with van der Waals surface area (Å²) in [6.45, 7) is 2.49. The van der Waals surface area contributed by atoms with Crippen molar-refractivity contribution in [2.24, 2.45) is 0 Å². The highest BCUT2D eigenvalue weighted by Crippen LogP contribution is 2.22. The van der Waals surface area contributed by atoms with Gasteiger partial charge in [-0.05, 0) is 78.7 Å². The van der Waals surface area contributed by atoms with Gasteiger partial charge in [-0.15, -0.1) is 5.10 Å². The molecule has 1 aliphatic heterocycles. The van der Waals surface area contributed by atoms with Crippen molar-refractivity contribution in [3.05, 3.63) is 60.4 Å². The molecule has 0 saturated carbocycles. The molecule has 11 nitrogen and oxygen atoms in total. The van der Waals surface area contributed by atoms with Crippen LogP contribution in [0.25, 0.3) is 5.69 Å². The summed E-state index contributed by atoms with van der Waals surface area (Å²) in [6.07, 6.45) is 3.10. The van der Waals surface area contributed by atoms with E-state index in [0.29, 0.717) is 24.5 Å². The number of anilines is 1. The molecule has 178 valence electrons. The Balaban J connectivity index is 1.33. The van der Waals surface area contributed by atoms with Gasteiger partial charge in [0.05, 0.1) is 16.1 Å². The van der Waals surface area contributed by atoms with E-state index in [1.54, 1.807) is 24.3 Å². The number of carbonyl (C=O) groups is 2. The molecule has 2 aromatic carbocycles. The predicted octanol–water partition coefficient (Wildman–Crippen LogP) is 2.02. The minimum absolute atomic E-state index is 0.178. The average molecular weight is 485 g/mol. The van der Waals surface area contributed by atoms with Gasteiger partial charge in [-0.1, -0.05) is 6.42 Å². The summed E-state index contributed by atoms with van der Waals surface area (Å²) in [5, 5.41) is 13.5. The van der Waals surface area contributed by atoms with Gasteiger partial charge in [0.15, 0.2) is 6.10 Å². The lowest BCUT2D eigenvalue weighted by molar-refractivity contribution is -0.123. The number of hydrogen-bond acceptors (Lipinski definition) is 8. The Morgan fingerprint density at radius 2 is 1.68 bits per heavy atom. The standard InChI is InChI=1S/C22H24N6O5S/c1-16(33-22(30)17-5-9-19(10-6-17)28-15-23-25-26-28)21(29)24-18-7-11-20(12-8-18)34(31,32)27-13-3-2-4-14-27/h5-12,15-16H,2-4,13-14H2,1H3,(H,24,29)/t16-/m1/s1. The summed E-state index contributed by atoms with van der Waals surface area (Å²) < 4.78 is 33.7. The second-order valence-corrected chi connectivity index (χ2v) is 9.77. The van der Waals surface area contributed by atoms with Crippen LogP contribution in [0.1, 0.15) is 36.5 Å². The molecule has 1 atom stereocenters. The van der Waals surface area contributed by atoms with Crippen molar-refractivity contribution in [3.63, 3.8) is 0 Å². The maximum absolute atomic E-state index is 12.7. The van der Waals surface area contributed by atoms with Gasteiger partial charge in [-0.25, -0.2) is 17.9 Å². The minimum Gasteiger partial charge on any atom is -0.449 e. The molecule has 0 radical (unpaired) electrons. The number of hydrogen-bond donors (Lipinski definition) is 1. The van der Waals surface area contributed by atoms with Crippen molar-refractivity contribution in [2.45, 2.75) is 37.2 Å². The quantitative estimate of drug-likeness (QED) is 0.503. The van der Waals surface area contributed by atoms with E-state index < -0.39 is 28.0 Å². The number of rotatable bonds is 7. The zero-order chi connectivity index (χ0) is 24.1. The fourth-order valence-corrected chi connectivity index (χ4v) is 5.04. The van der Waals surface area contributed by atoms with E-state index in [2.05, 4.69) is 20.8 Å². The smallest absolute Gasteiger partial charge is 0.338 e. The Morgan fingerprint density at radius 1 is 1.00 bits per heavy atom. The topological polar surface area (TPSA) is 136 Å². The molecule has 0 spiro atoms. The third kappa shape index (κ3) is 5.29. The van der Waals surface area contributed by atoms with Crippen LogP contribution < -0.4 is 5.32 Å². The molecule has 2 heterocycles. The maximum atomic E-state index is 12.7. The van der Waals surface area contributed by atoms with Crippen molar-refractivity contribution >= 4 is 27.6 Å². The van der Waals surface area contributed by atoms with E-state index in [0.717, 1.165) is 19.3 Å². The van der Waals surface area contributed by atoms with Gasteiger partial charge in [0.1, 0.15) is 6.33 Å². The lowest BCUT2D eigenvalue weighted by Crippen LogP contribution is -2.35. The molecular formula is C22H24N6O5S. The Kier molecular flexibility index (Phi) is 6.98. The van der Waals surface area contributed by atoms with Gasteiger partial charge in [0.25, 0.3) is 5.91 Å². The zero-order valence-electron chi connectivity index (χ0n) is 18.5. The normalized spacial score (nSPS) is 15.4.